The normalized spacial score (nSPS) is 11.3. The molecule has 6 nitrogen and oxygen atoms in total. The van der Waals surface area contributed by atoms with Gasteiger partial charge in [-0.05, 0) is 41.5 Å². The highest BCUT2D eigenvalue weighted by molar-refractivity contribution is 6.04. The van der Waals surface area contributed by atoms with E-state index in [-0.39, 0.29) is 0 Å². The minimum atomic E-state index is 0.581. The average molecular weight is 615 g/mol. The van der Waals surface area contributed by atoms with Crippen LogP contribution in [-0.4, -0.2) is 29.9 Å². The van der Waals surface area contributed by atoms with Gasteiger partial charge in [0.2, 0.25) is 0 Å². The van der Waals surface area contributed by atoms with Crippen LogP contribution in [0.1, 0.15) is 0 Å². The Morgan fingerprint density at radius 1 is 0.333 bits per heavy atom. The fourth-order valence-corrected chi connectivity index (χ4v) is 6.23. The summed E-state index contributed by atoms with van der Waals surface area (Å²) in [5.41, 5.74) is 11.7. The number of para-hydroxylation sites is 2. The van der Waals surface area contributed by atoms with Gasteiger partial charge in [-0.1, -0.05) is 115 Å². The molecule has 6 heteroatoms. The monoisotopic (exact) mass is 614 g/mol. The molecule has 0 aliphatic heterocycles. The van der Waals surface area contributed by atoms with E-state index in [0.29, 0.717) is 11.5 Å². The number of fused-ring (bicyclic) bond motifs is 4. The highest BCUT2D eigenvalue weighted by Crippen LogP contribution is 2.38. The molecule has 9 aromatic rings. The molecule has 0 fully saturated rings. The number of nitrogens with zero attached hydrogens (tertiary/aromatic N) is 6. The van der Waals surface area contributed by atoms with Gasteiger partial charge in [0.15, 0.2) is 5.82 Å². The van der Waals surface area contributed by atoms with Crippen molar-refractivity contribution >= 4 is 32.8 Å². The van der Waals surface area contributed by atoms with Crippen molar-refractivity contribution in [1.29, 1.82) is 0 Å². The molecule has 0 N–H and O–H groups in total. The van der Waals surface area contributed by atoms with Crippen LogP contribution in [0.15, 0.2) is 158 Å². The summed E-state index contributed by atoms with van der Waals surface area (Å²) in [6.07, 6.45) is 3.46. The van der Waals surface area contributed by atoms with Gasteiger partial charge in [-0.25, -0.2) is 29.9 Å². The van der Waals surface area contributed by atoms with Gasteiger partial charge in [0.25, 0.3) is 0 Å². The lowest BCUT2D eigenvalue weighted by atomic mass is 9.95. The van der Waals surface area contributed by atoms with Gasteiger partial charge >= 0.3 is 0 Å². The van der Waals surface area contributed by atoms with Gasteiger partial charge in [0.1, 0.15) is 5.69 Å². The van der Waals surface area contributed by atoms with Crippen LogP contribution in [0.2, 0.25) is 0 Å². The van der Waals surface area contributed by atoms with Crippen LogP contribution < -0.4 is 0 Å². The maximum Gasteiger partial charge on any atom is 0.178 e. The highest BCUT2D eigenvalue weighted by Gasteiger charge is 2.18. The van der Waals surface area contributed by atoms with Crippen LogP contribution >= 0.6 is 0 Å². The molecule has 0 bridgehead atoms. The molecule has 224 valence electrons. The molecule has 4 aromatic heterocycles. The smallest absolute Gasteiger partial charge is 0.178 e. The second-order valence-corrected chi connectivity index (χ2v) is 11.6. The van der Waals surface area contributed by atoms with Crippen LogP contribution in [0, 0.1) is 0 Å². The van der Waals surface area contributed by atoms with Crippen LogP contribution in [0.3, 0.4) is 0 Å². The molecule has 0 saturated heterocycles. The first kappa shape index (κ1) is 27.6. The molecule has 0 unspecified atom stereocenters. The lowest BCUT2D eigenvalue weighted by molar-refractivity contribution is 1.15. The second kappa shape index (κ2) is 11.6. The Kier molecular flexibility index (Phi) is 6.68. The minimum absolute atomic E-state index is 0.581. The summed E-state index contributed by atoms with van der Waals surface area (Å²) in [6, 6.07) is 49.4. The molecule has 0 aliphatic rings. The molecule has 5 aromatic carbocycles. The number of aromatic nitrogens is 6. The first-order chi connectivity index (χ1) is 23.8. The van der Waals surface area contributed by atoms with Crippen LogP contribution in [0.25, 0.3) is 89.3 Å². The van der Waals surface area contributed by atoms with Gasteiger partial charge in [0.05, 0.1) is 39.1 Å². The quantitative estimate of drug-likeness (QED) is 0.180. The van der Waals surface area contributed by atoms with Gasteiger partial charge in [-0.15, -0.1) is 0 Å². The predicted octanol–water partition coefficient (Wildman–Crippen LogP) is 9.85. The summed E-state index contributed by atoms with van der Waals surface area (Å²) in [5.74, 6) is 0.581. The third-order valence-corrected chi connectivity index (χ3v) is 8.61. The Bertz CT molecular complexity index is 2600. The topological polar surface area (TPSA) is 77.3 Å². The average Bonchev–Trinajstić information content (AvgIpc) is 3.17. The molecule has 0 saturated carbocycles. The first-order valence-electron chi connectivity index (χ1n) is 15.8. The van der Waals surface area contributed by atoms with Crippen LogP contribution in [-0.2, 0) is 0 Å². The molecule has 0 radical (unpaired) electrons. The number of benzene rings is 5. The number of rotatable bonds is 5. The van der Waals surface area contributed by atoms with E-state index in [1.165, 1.54) is 5.56 Å². The van der Waals surface area contributed by atoms with E-state index >= 15 is 0 Å². The standard InChI is InChI=1S/C42H26N6/c1-2-9-27(10-3-1)28-15-17-29(18-16-28)40-41(47-36-14-7-6-13-35(36)46-40)33-12-5-4-11-32(33)34-23-21-30-19-20-31-22-24-37(42-43-25-8-26-44-42)48-39(31)38(30)45-34/h1-26H. The van der Waals surface area contributed by atoms with Crippen molar-refractivity contribution in [2.24, 2.45) is 0 Å². The Morgan fingerprint density at radius 3 is 1.56 bits per heavy atom. The molecule has 0 atom stereocenters. The van der Waals surface area contributed by atoms with E-state index in [0.717, 1.165) is 72.2 Å². The van der Waals surface area contributed by atoms with E-state index in [4.69, 9.17) is 19.9 Å². The van der Waals surface area contributed by atoms with Gasteiger partial charge in [-0.3, -0.25) is 0 Å². The maximum absolute atomic E-state index is 5.25. The molecule has 0 amide bonds. The SMILES string of the molecule is c1ccc(-c2ccc(-c3nc4ccccc4nc3-c3ccccc3-c3ccc4ccc5ccc(-c6ncccn6)nc5c4n3)cc2)cc1. The number of pyridine rings is 2. The van der Waals surface area contributed by atoms with E-state index in [2.05, 4.69) is 101 Å². The summed E-state index contributed by atoms with van der Waals surface area (Å²) in [5, 5.41) is 2.01. The first-order valence-corrected chi connectivity index (χ1v) is 15.8. The molecule has 4 heterocycles. The Labute approximate surface area is 276 Å². The van der Waals surface area contributed by atoms with Gasteiger partial charge in [0, 0.05) is 39.9 Å². The molecular weight excluding hydrogens is 589 g/mol. The van der Waals surface area contributed by atoms with Crippen molar-refractivity contribution in [2.45, 2.75) is 0 Å². The largest absolute Gasteiger partial charge is 0.245 e. The lowest BCUT2D eigenvalue weighted by Crippen LogP contribution is -1.98. The van der Waals surface area contributed by atoms with E-state index in [9.17, 15) is 0 Å². The van der Waals surface area contributed by atoms with E-state index in [1.54, 1.807) is 18.5 Å². The Balaban J connectivity index is 1.22. The van der Waals surface area contributed by atoms with Crippen LogP contribution in [0.4, 0.5) is 0 Å². The van der Waals surface area contributed by atoms with Crippen molar-refractivity contribution in [3.8, 4) is 56.4 Å². The van der Waals surface area contributed by atoms with Crippen molar-refractivity contribution < 1.29 is 0 Å². The van der Waals surface area contributed by atoms with Crippen molar-refractivity contribution in [3.63, 3.8) is 0 Å². The summed E-state index contributed by atoms with van der Waals surface area (Å²) in [6.45, 7) is 0. The second-order valence-electron chi connectivity index (χ2n) is 11.6. The van der Waals surface area contributed by atoms with E-state index in [1.807, 2.05) is 48.5 Å². The third-order valence-electron chi connectivity index (χ3n) is 8.61. The Hall–Kier alpha value is -6.66. The highest BCUT2D eigenvalue weighted by atomic mass is 14.9. The number of hydrogen-bond donors (Lipinski definition) is 0. The predicted molar refractivity (Wildman–Crippen MR) is 193 cm³/mol. The zero-order valence-corrected chi connectivity index (χ0v) is 25.7. The number of hydrogen-bond acceptors (Lipinski definition) is 6. The maximum atomic E-state index is 5.25. The third kappa shape index (κ3) is 4.93. The van der Waals surface area contributed by atoms with Crippen LogP contribution in [0.5, 0.6) is 0 Å². The van der Waals surface area contributed by atoms with E-state index < -0.39 is 0 Å². The summed E-state index contributed by atoms with van der Waals surface area (Å²) < 4.78 is 0. The zero-order chi connectivity index (χ0) is 31.9. The zero-order valence-electron chi connectivity index (χ0n) is 25.7. The summed E-state index contributed by atoms with van der Waals surface area (Å²) in [7, 11) is 0. The minimum Gasteiger partial charge on any atom is -0.245 e. The summed E-state index contributed by atoms with van der Waals surface area (Å²) >= 11 is 0. The van der Waals surface area contributed by atoms with Crippen molar-refractivity contribution in [2.75, 3.05) is 0 Å². The van der Waals surface area contributed by atoms with Gasteiger partial charge in [-0.2, -0.15) is 0 Å². The fourth-order valence-electron chi connectivity index (χ4n) is 6.23. The molecule has 48 heavy (non-hydrogen) atoms. The lowest BCUT2D eigenvalue weighted by Gasteiger charge is -2.15. The molecular formula is C42H26N6. The van der Waals surface area contributed by atoms with Crippen molar-refractivity contribution in [3.05, 3.63) is 158 Å². The van der Waals surface area contributed by atoms with Gasteiger partial charge < -0.3 is 0 Å². The van der Waals surface area contributed by atoms with Crippen molar-refractivity contribution in [1.82, 2.24) is 29.9 Å². The fraction of sp³-hybridized carbons (Fsp3) is 0. The Morgan fingerprint density at radius 2 is 0.854 bits per heavy atom. The molecule has 0 aliphatic carbocycles. The molecule has 0 spiro atoms. The summed E-state index contributed by atoms with van der Waals surface area (Å²) in [4.78, 5) is 29.5. The molecule has 9 rings (SSSR count).